The van der Waals surface area contributed by atoms with Gasteiger partial charge in [-0.25, -0.2) is 13.4 Å². The zero-order chi connectivity index (χ0) is 12.2. The Labute approximate surface area is 98.6 Å². The van der Waals surface area contributed by atoms with Crippen LogP contribution in [-0.2, 0) is 10.0 Å². The normalized spacial score (nSPS) is 28.2. The maximum Gasteiger partial charge on any atom is 0.225 e. The molecule has 1 saturated heterocycles. The van der Waals surface area contributed by atoms with E-state index in [1.54, 1.807) is 7.05 Å². The van der Waals surface area contributed by atoms with Crippen molar-refractivity contribution in [2.24, 2.45) is 0 Å². The standard InChI is InChI=1S/C10H23N3O2S/c1-9-5-4-6-10(2)13(9)12-16(14,15)8-7-11-3/h9-12H,4-8H2,1-3H3. The van der Waals surface area contributed by atoms with Crippen LogP contribution in [-0.4, -0.2) is 44.9 Å². The first-order valence-electron chi connectivity index (χ1n) is 5.89. The van der Waals surface area contributed by atoms with Crippen molar-refractivity contribution in [1.29, 1.82) is 0 Å². The Morgan fingerprint density at radius 2 is 1.81 bits per heavy atom. The third-order valence-corrected chi connectivity index (χ3v) is 4.29. The predicted molar refractivity (Wildman–Crippen MR) is 65.5 cm³/mol. The number of nitrogens with zero attached hydrogens (tertiary/aromatic N) is 1. The lowest BCUT2D eigenvalue weighted by Gasteiger charge is -2.38. The van der Waals surface area contributed by atoms with E-state index < -0.39 is 10.0 Å². The molecule has 0 bridgehead atoms. The number of hydrazine groups is 1. The van der Waals surface area contributed by atoms with Gasteiger partial charge >= 0.3 is 0 Å². The van der Waals surface area contributed by atoms with Crippen molar-refractivity contribution in [3.8, 4) is 0 Å². The summed E-state index contributed by atoms with van der Waals surface area (Å²) in [6, 6.07) is 0.571. The van der Waals surface area contributed by atoms with Gasteiger partial charge in [0.1, 0.15) is 0 Å². The van der Waals surface area contributed by atoms with E-state index in [2.05, 4.69) is 24.0 Å². The van der Waals surface area contributed by atoms with Crippen LogP contribution < -0.4 is 10.1 Å². The summed E-state index contributed by atoms with van der Waals surface area (Å²) in [7, 11) is -1.44. The monoisotopic (exact) mass is 249 g/mol. The lowest BCUT2D eigenvalue weighted by molar-refractivity contribution is 0.0791. The lowest BCUT2D eigenvalue weighted by atomic mass is 10.0. The molecule has 2 unspecified atom stereocenters. The zero-order valence-electron chi connectivity index (χ0n) is 10.4. The molecule has 2 N–H and O–H groups in total. The van der Waals surface area contributed by atoms with E-state index in [1.807, 2.05) is 5.01 Å². The molecule has 5 nitrogen and oxygen atoms in total. The van der Waals surface area contributed by atoms with Crippen LogP contribution in [0.1, 0.15) is 33.1 Å². The highest BCUT2D eigenvalue weighted by Gasteiger charge is 2.27. The van der Waals surface area contributed by atoms with Crippen molar-refractivity contribution in [3.63, 3.8) is 0 Å². The third kappa shape index (κ3) is 4.01. The summed E-state index contributed by atoms with van der Waals surface area (Å²) in [5.74, 6) is 0.124. The average Bonchev–Trinajstić information content (AvgIpc) is 2.21. The molecular formula is C10H23N3O2S. The SMILES string of the molecule is CNCCS(=O)(=O)NN1C(C)CCCC1C. The van der Waals surface area contributed by atoms with Crippen LogP contribution in [0.4, 0.5) is 0 Å². The molecule has 1 aliphatic rings. The summed E-state index contributed by atoms with van der Waals surface area (Å²) < 4.78 is 23.5. The second kappa shape index (κ2) is 5.95. The fourth-order valence-electron chi connectivity index (χ4n) is 2.04. The molecule has 1 aliphatic heterocycles. The van der Waals surface area contributed by atoms with Crippen LogP contribution in [0.15, 0.2) is 0 Å². The average molecular weight is 249 g/mol. The van der Waals surface area contributed by atoms with Gasteiger partial charge in [-0.15, -0.1) is 4.83 Å². The fourth-order valence-corrected chi connectivity index (χ4v) is 3.29. The van der Waals surface area contributed by atoms with Gasteiger partial charge < -0.3 is 5.32 Å². The van der Waals surface area contributed by atoms with Gasteiger partial charge in [-0.1, -0.05) is 6.42 Å². The van der Waals surface area contributed by atoms with Crippen molar-refractivity contribution in [1.82, 2.24) is 15.2 Å². The second-order valence-corrected chi connectivity index (χ2v) is 6.37. The van der Waals surface area contributed by atoms with E-state index in [-0.39, 0.29) is 17.8 Å². The van der Waals surface area contributed by atoms with Gasteiger partial charge in [0.05, 0.1) is 5.75 Å². The summed E-state index contributed by atoms with van der Waals surface area (Å²) in [6.45, 7) is 4.61. The molecule has 1 rings (SSSR count). The Bertz CT molecular complexity index is 295. The number of rotatable bonds is 5. The molecule has 6 heteroatoms. The Kier molecular flexibility index (Phi) is 5.17. The highest BCUT2D eigenvalue weighted by atomic mass is 32.2. The minimum absolute atomic E-state index is 0.124. The largest absolute Gasteiger partial charge is 0.319 e. The van der Waals surface area contributed by atoms with Gasteiger partial charge in [-0.2, -0.15) is 0 Å². The van der Waals surface area contributed by atoms with Crippen LogP contribution in [0, 0.1) is 0 Å². The van der Waals surface area contributed by atoms with E-state index in [9.17, 15) is 8.42 Å². The molecule has 16 heavy (non-hydrogen) atoms. The molecule has 0 aromatic rings. The molecule has 0 radical (unpaired) electrons. The zero-order valence-corrected chi connectivity index (χ0v) is 11.2. The smallest absolute Gasteiger partial charge is 0.225 e. The number of hydrogen-bond donors (Lipinski definition) is 2. The molecule has 1 fully saturated rings. The highest BCUT2D eigenvalue weighted by Crippen LogP contribution is 2.20. The Morgan fingerprint density at radius 3 is 2.31 bits per heavy atom. The third-order valence-electron chi connectivity index (χ3n) is 3.06. The topological polar surface area (TPSA) is 61.4 Å². The minimum Gasteiger partial charge on any atom is -0.319 e. The number of hydrogen-bond acceptors (Lipinski definition) is 4. The molecule has 0 aromatic heterocycles. The van der Waals surface area contributed by atoms with E-state index >= 15 is 0 Å². The van der Waals surface area contributed by atoms with E-state index in [4.69, 9.17) is 0 Å². The molecule has 0 aliphatic carbocycles. The summed E-state index contributed by atoms with van der Waals surface area (Å²) >= 11 is 0. The number of piperidine rings is 1. The van der Waals surface area contributed by atoms with Crippen LogP contribution in [0.3, 0.4) is 0 Å². The first-order valence-corrected chi connectivity index (χ1v) is 7.54. The number of nitrogens with one attached hydrogen (secondary N) is 2. The molecule has 96 valence electrons. The minimum atomic E-state index is -3.20. The Balaban J connectivity index is 2.56. The first kappa shape index (κ1) is 13.9. The predicted octanol–water partition coefficient (Wildman–Crippen LogP) is 0.303. The van der Waals surface area contributed by atoms with Gasteiger partial charge in [0, 0.05) is 18.6 Å². The van der Waals surface area contributed by atoms with Gasteiger partial charge in [0.25, 0.3) is 0 Å². The highest BCUT2D eigenvalue weighted by molar-refractivity contribution is 7.89. The van der Waals surface area contributed by atoms with E-state index in [0.717, 1.165) is 12.8 Å². The maximum absolute atomic E-state index is 11.8. The summed E-state index contributed by atoms with van der Waals surface area (Å²) in [6.07, 6.45) is 3.29. The van der Waals surface area contributed by atoms with Crippen molar-refractivity contribution in [3.05, 3.63) is 0 Å². The van der Waals surface area contributed by atoms with Gasteiger partial charge in [0.2, 0.25) is 10.0 Å². The van der Waals surface area contributed by atoms with Crippen LogP contribution >= 0.6 is 0 Å². The van der Waals surface area contributed by atoms with Gasteiger partial charge in [-0.05, 0) is 33.7 Å². The van der Waals surface area contributed by atoms with Gasteiger partial charge in [-0.3, -0.25) is 0 Å². The van der Waals surface area contributed by atoms with Crippen molar-refractivity contribution < 1.29 is 8.42 Å². The second-order valence-electron chi connectivity index (χ2n) is 4.55. The van der Waals surface area contributed by atoms with Crippen molar-refractivity contribution in [2.45, 2.75) is 45.2 Å². The quantitative estimate of drug-likeness (QED) is 0.736. The summed E-state index contributed by atoms with van der Waals surface area (Å²) in [5, 5.41) is 4.73. The summed E-state index contributed by atoms with van der Waals surface area (Å²) in [5.41, 5.74) is 0. The lowest BCUT2D eigenvalue weighted by Crippen LogP contribution is -2.54. The molecule has 0 spiro atoms. The van der Waals surface area contributed by atoms with Crippen molar-refractivity contribution in [2.75, 3.05) is 19.3 Å². The summed E-state index contributed by atoms with van der Waals surface area (Å²) in [4.78, 5) is 2.70. The van der Waals surface area contributed by atoms with E-state index in [0.29, 0.717) is 6.54 Å². The fraction of sp³-hybridized carbons (Fsp3) is 1.00. The Hall–Kier alpha value is -0.170. The van der Waals surface area contributed by atoms with Crippen LogP contribution in [0.2, 0.25) is 0 Å². The Morgan fingerprint density at radius 1 is 1.25 bits per heavy atom. The first-order chi connectivity index (χ1) is 7.46. The molecule has 0 aromatic carbocycles. The number of sulfonamides is 1. The molecular weight excluding hydrogens is 226 g/mol. The van der Waals surface area contributed by atoms with Crippen LogP contribution in [0.5, 0.6) is 0 Å². The van der Waals surface area contributed by atoms with Crippen LogP contribution in [0.25, 0.3) is 0 Å². The maximum atomic E-state index is 11.8. The van der Waals surface area contributed by atoms with E-state index in [1.165, 1.54) is 6.42 Å². The molecule has 2 atom stereocenters. The molecule has 1 heterocycles. The van der Waals surface area contributed by atoms with Gasteiger partial charge in [0.15, 0.2) is 0 Å². The molecule has 0 saturated carbocycles. The van der Waals surface area contributed by atoms with Crippen molar-refractivity contribution >= 4 is 10.0 Å². The molecule has 0 amide bonds.